The first-order chi connectivity index (χ1) is 6.50. The Morgan fingerprint density at radius 3 is 2.29 bits per heavy atom. The van der Waals surface area contributed by atoms with Gasteiger partial charge in [-0.3, -0.25) is 0 Å². The number of carbonyl (C=O) groups excluding carboxylic acids is 1. The summed E-state index contributed by atoms with van der Waals surface area (Å²) in [6.45, 7) is 6.00. The number of carbonyl (C=O) groups is 1. The molecule has 0 N–H and O–H groups in total. The Kier molecular flexibility index (Phi) is 3.07. The Morgan fingerprint density at radius 1 is 1.14 bits per heavy atom. The van der Waals surface area contributed by atoms with Crippen molar-refractivity contribution in [2.24, 2.45) is 0 Å². The molecule has 0 aromatic heterocycles. The first-order valence-electron chi connectivity index (χ1n) is 4.47. The van der Waals surface area contributed by atoms with E-state index in [4.69, 9.17) is 0 Å². The molecule has 2 nitrogen and oxygen atoms in total. The van der Waals surface area contributed by atoms with Crippen LogP contribution >= 0.6 is 0 Å². The van der Waals surface area contributed by atoms with Crippen LogP contribution in [0.2, 0.25) is 0 Å². The third-order valence-corrected chi connectivity index (χ3v) is 2.28. The molecule has 74 valence electrons. The van der Waals surface area contributed by atoms with Crippen LogP contribution < -0.4 is 5.11 Å². The summed E-state index contributed by atoms with van der Waals surface area (Å²) in [7, 11) is 0. The van der Waals surface area contributed by atoms with Crippen LogP contribution in [0.25, 0.3) is 6.08 Å². The molecular formula is C12H13O2-. The largest absolute Gasteiger partial charge is 0.545 e. The molecule has 0 amide bonds. The molecule has 0 radical (unpaired) electrons. The maximum atomic E-state index is 10.2. The molecule has 0 aliphatic carbocycles. The first-order valence-corrected chi connectivity index (χ1v) is 4.47. The average Bonchev–Trinajstić information content (AvgIpc) is 2.09. The zero-order valence-electron chi connectivity index (χ0n) is 8.63. The minimum absolute atomic E-state index is 0.928. The number of carboxylic acid groups (broad SMARTS) is 1. The number of aliphatic carboxylic acids is 1. The molecule has 14 heavy (non-hydrogen) atoms. The Hall–Kier alpha value is -1.57. The van der Waals surface area contributed by atoms with Gasteiger partial charge in [-0.25, -0.2) is 0 Å². The third-order valence-electron chi connectivity index (χ3n) is 2.28. The summed E-state index contributed by atoms with van der Waals surface area (Å²) in [6.07, 6.45) is 2.62. The Bertz CT molecular complexity index is 390. The molecule has 0 atom stereocenters. The van der Waals surface area contributed by atoms with Gasteiger partial charge >= 0.3 is 0 Å². The fourth-order valence-corrected chi connectivity index (χ4v) is 1.32. The minimum atomic E-state index is -1.16. The van der Waals surface area contributed by atoms with E-state index >= 15 is 0 Å². The van der Waals surface area contributed by atoms with Gasteiger partial charge in [0.25, 0.3) is 0 Å². The molecule has 1 aromatic carbocycles. The fraction of sp³-hybridized carbons (Fsp3) is 0.250. The van der Waals surface area contributed by atoms with Crippen molar-refractivity contribution in [3.05, 3.63) is 40.5 Å². The summed E-state index contributed by atoms with van der Waals surface area (Å²) < 4.78 is 0. The van der Waals surface area contributed by atoms with Crippen LogP contribution in [0.5, 0.6) is 0 Å². The Balaban J connectivity index is 3.10. The molecule has 0 spiro atoms. The van der Waals surface area contributed by atoms with E-state index in [2.05, 4.69) is 0 Å². The molecule has 0 fully saturated rings. The number of benzene rings is 1. The van der Waals surface area contributed by atoms with Crippen LogP contribution in [-0.4, -0.2) is 5.97 Å². The van der Waals surface area contributed by atoms with Gasteiger partial charge in [0.15, 0.2) is 0 Å². The molecular weight excluding hydrogens is 176 g/mol. The topological polar surface area (TPSA) is 40.1 Å². The summed E-state index contributed by atoms with van der Waals surface area (Å²) in [4.78, 5) is 10.2. The van der Waals surface area contributed by atoms with Crippen molar-refractivity contribution in [1.82, 2.24) is 0 Å². The van der Waals surface area contributed by atoms with Gasteiger partial charge in [-0.15, -0.1) is 0 Å². The molecule has 1 aromatic rings. The molecule has 0 saturated heterocycles. The van der Waals surface area contributed by atoms with Crippen molar-refractivity contribution in [2.45, 2.75) is 20.8 Å². The maximum Gasteiger partial charge on any atom is 0.0643 e. The Morgan fingerprint density at radius 2 is 1.71 bits per heavy atom. The van der Waals surface area contributed by atoms with Crippen LogP contribution in [0.3, 0.4) is 0 Å². The molecule has 2 heteroatoms. The zero-order chi connectivity index (χ0) is 10.7. The summed E-state index contributed by atoms with van der Waals surface area (Å²) in [5.74, 6) is -1.16. The highest BCUT2D eigenvalue weighted by molar-refractivity contribution is 5.84. The highest BCUT2D eigenvalue weighted by Crippen LogP contribution is 2.16. The Labute approximate surface area is 83.9 Å². The molecule has 0 bridgehead atoms. The highest BCUT2D eigenvalue weighted by atomic mass is 16.4. The monoisotopic (exact) mass is 189 g/mol. The lowest BCUT2D eigenvalue weighted by atomic mass is 10.0. The van der Waals surface area contributed by atoms with Crippen molar-refractivity contribution in [3.63, 3.8) is 0 Å². The molecule has 0 saturated carbocycles. The van der Waals surface area contributed by atoms with Crippen LogP contribution in [0.1, 0.15) is 22.3 Å². The van der Waals surface area contributed by atoms with E-state index in [0.717, 1.165) is 22.8 Å². The molecule has 1 rings (SSSR count). The fourth-order valence-electron chi connectivity index (χ4n) is 1.32. The number of rotatable bonds is 2. The van der Waals surface area contributed by atoms with Crippen molar-refractivity contribution in [1.29, 1.82) is 0 Å². The first kappa shape index (κ1) is 10.5. The van der Waals surface area contributed by atoms with Crippen LogP contribution in [0.4, 0.5) is 0 Å². The third kappa shape index (κ3) is 2.46. The lowest BCUT2D eigenvalue weighted by molar-refractivity contribution is -0.297. The van der Waals surface area contributed by atoms with Crippen molar-refractivity contribution < 1.29 is 9.90 Å². The van der Waals surface area contributed by atoms with Crippen LogP contribution in [-0.2, 0) is 4.79 Å². The normalized spacial score (nSPS) is 10.8. The summed E-state index contributed by atoms with van der Waals surface area (Å²) >= 11 is 0. The summed E-state index contributed by atoms with van der Waals surface area (Å²) in [5, 5.41) is 10.2. The van der Waals surface area contributed by atoms with Gasteiger partial charge < -0.3 is 9.90 Å². The molecule has 0 aliphatic heterocycles. The molecule has 0 unspecified atom stereocenters. The van der Waals surface area contributed by atoms with Crippen molar-refractivity contribution in [3.8, 4) is 0 Å². The maximum absolute atomic E-state index is 10.2. The second-order valence-corrected chi connectivity index (χ2v) is 3.45. The predicted molar refractivity (Wildman–Crippen MR) is 54.7 cm³/mol. The van der Waals surface area contributed by atoms with Gasteiger partial charge in [0.1, 0.15) is 0 Å². The van der Waals surface area contributed by atoms with Crippen LogP contribution in [0, 0.1) is 20.8 Å². The SMILES string of the molecule is Cc1cc(C)c(/C=C/C(=O)[O-])cc1C. The number of aryl methyl sites for hydroxylation is 3. The standard InChI is InChI=1S/C12H14O2/c1-8-6-10(3)11(7-9(8)2)4-5-12(13)14/h4-7H,1-3H3,(H,13,14)/p-1/b5-4+. The van der Waals surface area contributed by atoms with E-state index in [9.17, 15) is 9.90 Å². The highest BCUT2D eigenvalue weighted by Gasteiger charge is 1.98. The second-order valence-electron chi connectivity index (χ2n) is 3.45. The van der Waals surface area contributed by atoms with Gasteiger partial charge in [0, 0.05) is 0 Å². The van der Waals surface area contributed by atoms with Gasteiger partial charge in [0.2, 0.25) is 0 Å². The lowest BCUT2D eigenvalue weighted by Gasteiger charge is -2.06. The molecule has 0 heterocycles. The van der Waals surface area contributed by atoms with Crippen molar-refractivity contribution >= 4 is 12.0 Å². The van der Waals surface area contributed by atoms with E-state index in [0.29, 0.717) is 0 Å². The quantitative estimate of drug-likeness (QED) is 0.659. The van der Waals surface area contributed by atoms with Gasteiger partial charge in [-0.05, 0) is 49.1 Å². The van der Waals surface area contributed by atoms with E-state index < -0.39 is 5.97 Å². The van der Waals surface area contributed by atoms with Gasteiger partial charge in [-0.1, -0.05) is 18.2 Å². The number of carboxylic acids is 1. The smallest absolute Gasteiger partial charge is 0.0643 e. The predicted octanol–water partition coefficient (Wildman–Crippen LogP) is 1.37. The zero-order valence-corrected chi connectivity index (χ0v) is 8.63. The summed E-state index contributed by atoms with van der Waals surface area (Å²) in [5.41, 5.74) is 4.38. The second kappa shape index (κ2) is 4.09. The van der Waals surface area contributed by atoms with Crippen LogP contribution in [0.15, 0.2) is 18.2 Å². The summed E-state index contributed by atoms with van der Waals surface area (Å²) in [6, 6.07) is 4.02. The van der Waals surface area contributed by atoms with Gasteiger partial charge in [0.05, 0.1) is 5.97 Å². The van der Waals surface area contributed by atoms with E-state index in [1.54, 1.807) is 6.08 Å². The van der Waals surface area contributed by atoms with E-state index in [1.807, 2.05) is 32.9 Å². The van der Waals surface area contributed by atoms with Gasteiger partial charge in [-0.2, -0.15) is 0 Å². The number of hydrogen-bond donors (Lipinski definition) is 0. The lowest BCUT2D eigenvalue weighted by Crippen LogP contribution is -2.18. The number of hydrogen-bond acceptors (Lipinski definition) is 2. The van der Waals surface area contributed by atoms with E-state index in [-0.39, 0.29) is 0 Å². The molecule has 0 aliphatic rings. The van der Waals surface area contributed by atoms with Crippen molar-refractivity contribution in [2.75, 3.05) is 0 Å². The minimum Gasteiger partial charge on any atom is -0.545 e. The average molecular weight is 189 g/mol. The van der Waals surface area contributed by atoms with E-state index in [1.165, 1.54) is 5.56 Å².